The van der Waals surface area contributed by atoms with Crippen LogP contribution in [-0.4, -0.2) is 57.0 Å². The lowest BCUT2D eigenvalue weighted by atomic mass is 10.0. The predicted octanol–water partition coefficient (Wildman–Crippen LogP) is 3.44. The van der Waals surface area contributed by atoms with Gasteiger partial charge in [-0.1, -0.05) is 19.8 Å². The van der Waals surface area contributed by atoms with Gasteiger partial charge < -0.3 is 25.4 Å². The van der Waals surface area contributed by atoms with Crippen molar-refractivity contribution in [1.82, 2.24) is 16.0 Å². The van der Waals surface area contributed by atoms with Gasteiger partial charge in [0.25, 0.3) is 0 Å². The maximum absolute atomic E-state index is 12.0. The van der Waals surface area contributed by atoms with Crippen LogP contribution in [0.5, 0.6) is 0 Å². The van der Waals surface area contributed by atoms with Gasteiger partial charge in [0.05, 0.1) is 0 Å². The first-order valence-corrected chi connectivity index (χ1v) is 10.7. The molecule has 0 heterocycles. The van der Waals surface area contributed by atoms with Crippen molar-refractivity contribution in [2.75, 3.05) is 33.4 Å². The Bertz CT molecular complexity index is 485. The number of hydrogen-bond acceptors (Lipinski definition) is 4. The Morgan fingerprint density at radius 1 is 1.21 bits per heavy atom. The van der Waals surface area contributed by atoms with E-state index in [0.29, 0.717) is 12.0 Å². The topological polar surface area (TPSA) is 84.0 Å². The van der Waals surface area contributed by atoms with Crippen LogP contribution in [0.25, 0.3) is 0 Å². The quantitative estimate of drug-likeness (QED) is 0.346. The van der Waals surface area contributed by atoms with Crippen LogP contribution in [0, 0.1) is 5.41 Å². The smallest absolute Gasteiger partial charge is 0.407 e. The van der Waals surface area contributed by atoms with Crippen LogP contribution in [-0.2, 0) is 9.47 Å². The van der Waals surface area contributed by atoms with Gasteiger partial charge in [0, 0.05) is 39.4 Å². The Balaban J connectivity index is 2.62. The summed E-state index contributed by atoms with van der Waals surface area (Å²) in [5.74, 6) is 0.818. The summed E-state index contributed by atoms with van der Waals surface area (Å²) < 4.78 is 10.6. The molecule has 3 N–H and O–H groups in total. The minimum absolute atomic E-state index is 0.111. The average molecular weight is 399 g/mol. The first kappa shape index (κ1) is 24.5. The van der Waals surface area contributed by atoms with Crippen LogP contribution in [0.15, 0.2) is 4.99 Å². The summed E-state index contributed by atoms with van der Waals surface area (Å²) in [5.41, 5.74) is -0.181. The number of nitrogens with zero attached hydrogens (tertiary/aromatic N) is 1. The summed E-state index contributed by atoms with van der Waals surface area (Å²) in [6.45, 7) is 12.8. The van der Waals surface area contributed by atoms with Crippen molar-refractivity contribution in [2.45, 2.75) is 84.8 Å². The van der Waals surface area contributed by atoms with Gasteiger partial charge in [0.1, 0.15) is 5.60 Å². The average Bonchev–Trinajstić information content (AvgIpc) is 3.39. The third kappa shape index (κ3) is 10.7. The number of ether oxygens (including phenoxy) is 2. The van der Waals surface area contributed by atoms with Crippen molar-refractivity contribution in [2.24, 2.45) is 10.4 Å². The fourth-order valence-electron chi connectivity index (χ4n) is 2.94. The highest BCUT2D eigenvalue weighted by molar-refractivity contribution is 5.80. The van der Waals surface area contributed by atoms with E-state index in [1.54, 1.807) is 7.11 Å². The van der Waals surface area contributed by atoms with Crippen molar-refractivity contribution in [3.63, 3.8) is 0 Å². The highest BCUT2D eigenvalue weighted by Gasteiger charge is 2.41. The summed E-state index contributed by atoms with van der Waals surface area (Å²) in [4.78, 5) is 16.8. The largest absolute Gasteiger partial charge is 0.444 e. The SMILES string of the molecule is CCCCC(CNC(=O)OC(C)(C)C)NC(=NCC1(CCOC)CC1)NCC. The molecule has 7 heteroatoms. The molecule has 0 spiro atoms. The molecule has 0 bridgehead atoms. The monoisotopic (exact) mass is 398 g/mol. The lowest BCUT2D eigenvalue weighted by Gasteiger charge is -2.24. The fraction of sp³-hybridized carbons (Fsp3) is 0.905. The first-order chi connectivity index (χ1) is 13.2. The molecule has 0 saturated heterocycles. The molecule has 0 aromatic carbocycles. The van der Waals surface area contributed by atoms with Crippen molar-refractivity contribution >= 4 is 12.1 Å². The molecule has 0 aromatic heterocycles. The van der Waals surface area contributed by atoms with E-state index in [9.17, 15) is 4.79 Å². The zero-order valence-electron chi connectivity index (χ0n) is 18.8. The number of methoxy groups -OCH3 is 1. The van der Waals surface area contributed by atoms with Gasteiger partial charge in [-0.05, 0) is 58.8 Å². The van der Waals surface area contributed by atoms with Gasteiger partial charge in [0.15, 0.2) is 5.96 Å². The predicted molar refractivity (Wildman–Crippen MR) is 115 cm³/mol. The van der Waals surface area contributed by atoms with Crippen LogP contribution in [0.2, 0.25) is 0 Å². The lowest BCUT2D eigenvalue weighted by molar-refractivity contribution is 0.0522. The van der Waals surface area contributed by atoms with Gasteiger partial charge in [-0.25, -0.2) is 4.79 Å². The summed E-state index contributed by atoms with van der Waals surface area (Å²) in [6.07, 6.45) is 6.28. The fourth-order valence-corrected chi connectivity index (χ4v) is 2.94. The molecule has 7 nitrogen and oxygen atoms in total. The zero-order chi connectivity index (χ0) is 21.0. The Labute approximate surface area is 171 Å². The van der Waals surface area contributed by atoms with Crippen molar-refractivity contribution in [3.05, 3.63) is 0 Å². The maximum atomic E-state index is 12.0. The number of aliphatic imine (C=N–C) groups is 1. The van der Waals surface area contributed by atoms with E-state index in [1.165, 1.54) is 12.8 Å². The minimum Gasteiger partial charge on any atom is -0.444 e. The molecule has 28 heavy (non-hydrogen) atoms. The third-order valence-electron chi connectivity index (χ3n) is 4.85. The molecule has 1 aliphatic carbocycles. The molecular weight excluding hydrogens is 356 g/mol. The number of carbonyl (C=O) groups is 1. The van der Waals surface area contributed by atoms with Crippen molar-refractivity contribution in [1.29, 1.82) is 0 Å². The molecule has 164 valence electrons. The van der Waals surface area contributed by atoms with Gasteiger partial charge in [-0.2, -0.15) is 0 Å². The highest BCUT2D eigenvalue weighted by atomic mass is 16.6. The van der Waals surface area contributed by atoms with E-state index in [1.807, 2.05) is 20.8 Å². The van der Waals surface area contributed by atoms with Crippen LogP contribution in [0.3, 0.4) is 0 Å². The van der Waals surface area contributed by atoms with E-state index in [-0.39, 0.29) is 12.1 Å². The van der Waals surface area contributed by atoms with Gasteiger partial charge in [0.2, 0.25) is 0 Å². The standard InChI is InChI=1S/C21H42N4O3/c1-7-9-10-17(15-23-19(26)28-20(3,4)5)25-18(22-8-2)24-16-21(11-12-21)13-14-27-6/h17H,7-16H2,1-6H3,(H,23,26)(H2,22,24,25). The molecule has 1 rings (SSSR count). The third-order valence-corrected chi connectivity index (χ3v) is 4.85. The normalized spacial score (nSPS) is 17.0. The number of guanidine groups is 1. The molecule has 0 aromatic rings. The van der Waals surface area contributed by atoms with E-state index >= 15 is 0 Å². The maximum Gasteiger partial charge on any atom is 0.407 e. The number of amides is 1. The Hall–Kier alpha value is -1.50. The summed E-state index contributed by atoms with van der Waals surface area (Å²) in [7, 11) is 1.75. The van der Waals surface area contributed by atoms with E-state index in [2.05, 4.69) is 29.8 Å². The minimum atomic E-state index is -0.492. The second-order valence-corrected chi connectivity index (χ2v) is 8.80. The number of nitrogens with one attached hydrogen (secondary N) is 3. The summed E-state index contributed by atoms with van der Waals surface area (Å²) in [6, 6.07) is 0.111. The van der Waals surface area contributed by atoms with Crippen LogP contribution < -0.4 is 16.0 Å². The Kier molecular flexibility index (Phi) is 10.6. The van der Waals surface area contributed by atoms with Crippen molar-refractivity contribution < 1.29 is 14.3 Å². The van der Waals surface area contributed by atoms with Crippen LogP contribution in [0.4, 0.5) is 4.79 Å². The van der Waals surface area contributed by atoms with Gasteiger partial charge in [-0.3, -0.25) is 4.99 Å². The number of alkyl carbamates (subject to hydrolysis) is 1. The van der Waals surface area contributed by atoms with Crippen LogP contribution >= 0.6 is 0 Å². The van der Waals surface area contributed by atoms with Crippen molar-refractivity contribution in [3.8, 4) is 0 Å². The number of unbranched alkanes of at least 4 members (excludes halogenated alkanes) is 1. The highest BCUT2D eigenvalue weighted by Crippen LogP contribution is 2.48. The molecule has 0 aliphatic heterocycles. The Morgan fingerprint density at radius 3 is 2.46 bits per heavy atom. The number of rotatable bonds is 12. The summed E-state index contributed by atoms with van der Waals surface area (Å²) in [5, 5.41) is 9.72. The molecule has 1 amide bonds. The second-order valence-electron chi connectivity index (χ2n) is 8.80. The lowest BCUT2D eigenvalue weighted by Crippen LogP contribution is -2.49. The zero-order valence-corrected chi connectivity index (χ0v) is 18.8. The molecule has 0 radical (unpaired) electrons. The molecule has 1 atom stereocenters. The van der Waals surface area contributed by atoms with Gasteiger partial charge in [-0.15, -0.1) is 0 Å². The molecule has 1 saturated carbocycles. The van der Waals surface area contributed by atoms with E-state index < -0.39 is 5.60 Å². The number of carbonyl (C=O) groups excluding carboxylic acids is 1. The van der Waals surface area contributed by atoms with E-state index in [0.717, 1.165) is 51.3 Å². The molecule has 1 unspecified atom stereocenters. The van der Waals surface area contributed by atoms with E-state index in [4.69, 9.17) is 14.5 Å². The molecular formula is C21H42N4O3. The van der Waals surface area contributed by atoms with Gasteiger partial charge >= 0.3 is 6.09 Å². The molecule has 1 fully saturated rings. The van der Waals surface area contributed by atoms with Crippen LogP contribution in [0.1, 0.15) is 73.1 Å². The summed E-state index contributed by atoms with van der Waals surface area (Å²) >= 11 is 0. The second kappa shape index (κ2) is 12.1. The molecule has 1 aliphatic rings. The first-order valence-electron chi connectivity index (χ1n) is 10.7. The number of hydrogen-bond donors (Lipinski definition) is 3. The Morgan fingerprint density at radius 2 is 1.93 bits per heavy atom.